The molecule has 2 aromatic carbocycles. The number of ether oxygens (including phenoxy) is 3. The molecular formula is C25H30O4. The van der Waals surface area contributed by atoms with Gasteiger partial charge in [-0.2, -0.15) is 0 Å². The quantitative estimate of drug-likeness (QED) is 0.582. The average molecular weight is 395 g/mol. The van der Waals surface area contributed by atoms with Gasteiger partial charge in [0, 0.05) is 13.5 Å². The predicted molar refractivity (Wildman–Crippen MR) is 115 cm³/mol. The van der Waals surface area contributed by atoms with E-state index in [9.17, 15) is 4.79 Å². The van der Waals surface area contributed by atoms with Gasteiger partial charge in [-0.15, -0.1) is 0 Å². The first-order valence-electron chi connectivity index (χ1n) is 10.2. The van der Waals surface area contributed by atoms with E-state index in [-0.39, 0.29) is 12.1 Å². The van der Waals surface area contributed by atoms with E-state index in [1.807, 2.05) is 24.3 Å². The van der Waals surface area contributed by atoms with Crippen molar-refractivity contribution in [3.63, 3.8) is 0 Å². The van der Waals surface area contributed by atoms with Crippen molar-refractivity contribution in [2.75, 3.05) is 20.8 Å². The maximum Gasteiger partial charge on any atom is 0.305 e. The highest BCUT2D eigenvalue weighted by Gasteiger charge is 2.22. The largest absolute Gasteiger partial charge is 0.489 e. The summed E-state index contributed by atoms with van der Waals surface area (Å²) in [4.78, 5) is 11.3. The summed E-state index contributed by atoms with van der Waals surface area (Å²) in [6, 6.07) is 16.7. The van der Waals surface area contributed by atoms with E-state index in [4.69, 9.17) is 14.2 Å². The second-order valence-electron chi connectivity index (χ2n) is 7.56. The minimum atomic E-state index is -0.189. The summed E-state index contributed by atoms with van der Waals surface area (Å²) < 4.78 is 16.4. The molecule has 4 heteroatoms. The molecule has 0 N–H and O–H groups in total. The van der Waals surface area contributed by atoms with Crippen molar-refractivity contribution >= 4 is 11.5 Å². The zero-order valence-electron chi connectivity index (χ0n) is 17.6. The van der Waals surface area contributed by atoms with Gasteiger partial charge < -0.3 is 14.2 Å². The number of methoxy groups -OCH3 is 2. The van der Waals surface area contributed by atoms with Crippen molar-refractivity contribution in [2.24, 2.45) is 0 Å². The van der Waals surface area contributed by atoms with Crippen LogP contribution in [-0.2, 0) is 20.7 Å². The lowest BCUT2D eigenvalue weighted by molar-refractivity contribution is -0.140. The second kappa shape index (κ2) is 10.3. The van der Waals surface area contributed by atoms with Crippen molar-refractivity contribution in [2.45, 2.75) is 45.1 Å². The van der Waals surface area contributed by atoms with E-state index in [0.29, 0.717) is 19.4 Å². The molecule has 2 aromatic rings. The summed E-state index contributed by atoms with van der Waals surface area (Å²) in [6.07, 6.45) is 4.26. The molecule has 0 aliphatic heterocycles. The first kappa shape index (κ1) is 21.1. The van der Waals surface area contributed by atoms with E-state index in [1.54, 1.807) is 7.11 Å². The number of rotatable bonds is 8. The van der Waals surface area contributed by atoms with Gasteiger partial charge in [0.2, 0.25) is 0 Å². The molecule has 1 atom stereocenters. The van der Waals surface area contributed by atoms with Crippen LogP contribution in [0.1, 0.15) is 42.4 Å². The third-order valence-corrected chi connectivity index (χ3v) is 5.53. The highest BCUT2D eigenvalue weighted by molar-refractivity contribution is 5.70. The third kappa shape index (κ3) is 5.94. The van der Waals surface area contributed by atoms with Crippen LogP contribution >= 0.6 is 0 Å². The Kier molecular flexibility index (Phi) is 7.48. The standard InChI is InChI=1S/C25H30O4/c1-18-4-9-20(10-5-18)24-14-13-23(27-2)16-21(24)17-29-22-11-6-19(7-12-22)8-15-25(26)28-3/h4-7,9-12,23H,8,13-17H2,1-3H3. The molecule has 0 saturated carbocycles. The van der Waals surface area contributed by atoms with Crippen LogP contribution in [0, 0.1) is 6.92 Å². The zero-order valence-corrected chi connectivity index (χ0v) is 17.6. The molecule has 0 spiro atoms. The molecule has 1 aliphatic rings. The Morgan fingerprint density at radius 3 is 2.41 bits per heavy atom. The maximum atomic E-state index is 11.3. The number of esters is 1. The van der Waals surface area contributed by atoms with E-state index >= 15 is 0 Å². The summed E-state index contributed by atoms with van der Waals surface area (Å²) in [6.45, 7) is 2.67. The Morgan fingerprint density at radius 2 is 1.76 bits per heavy atom. The van der Waals surface area contributed by atoms with Crippen LogP contribution in [0.15, 0.2) is 54.1 Å². The van der Waals surface area contributed by atoms with Crippen LogP contribution in [0.25, 0.3) is 5.57 Å². The molecule has 154 valence electrons. The Hall–Kier alpha value is -2.59. The number of benzene rings is 2. The van der Waals surface area contributed by atoms with Crippen molar-refractivity contribution in [3.8, 4) is 5.75 Å². The van der Waals surface area contributed by atoms with E-state index in [0.717, 1.165) is 30.6 Å². The van der Waals surface area contributed by atoms with Gasteiger partial charge >= 0.3 is 5.97 Å². The SMILES string of the molecule is COC(=O)CCc1ccc(OCC2=C(c3ccc(C)cc3)CCC(OC)C2)cc1. The molecule has 0 bridgehead atoms. The van der Waals surface area contributed by atoms with Gasteiger partial charge in [0.05, 0.1) is 13.2 Å². The van der Waals surface area contributed by atoms with Crippen molar-refractivity contribution in [3.05, 3.63) is 70.8 Å². The summed E-state index contributed by atoms with van der Waals surface area (Å²) in [5, 5.41) is 0. The molecule has 0 heterocycles. The van der Waals surface area contributed by atoms with E-state index in [1.165, 1.54) is 29.4 Å². The Morgan fingerprint density at radius 1 is 1.03 bits per heavy atom. The van der Waals surface area contributed by atoms with E-state index < -0.39 is 0 Å². The molecular weight excluding hydrogens is 364 g/mol. The fraction of sp³-hybridized carbons (Fsp3) is 0.400. The topological polar surface area (TPSA) is 44.8 Å². The first-order valence-corrected chi connectivity index (χ1v) is 10.2. The average Bonchev–Trinajstić information content (AvgIpc) is 2.77. The molecule has 29 heavy (non-hydrogen) atoms. The number of hydrogen-bond donors (Lipinski definition) is 0. The Balaban J connectivity index is 1.68. The number of carbonyl (C=O) groups excluding carboxylic acids is 1. The molecule has 0 amide bonds. The minimum absolute atomic E-state index is 0.189. The highest BCUT2D eigenvalue weighted by Crippen LogP contribution is 2.34. The lowest BCUT2D eigenvalue weighted by Crippen LogP contribution is -2.20. The van der Waals surface area contributed by atoms with Gasteiger partial charge in [0.1, 0.15) is 12.4 Å². The van der Waals surface area contributed by atoms with Gasteiger partial charge in [-0.05, 0) is 67.0 Å². The Bertz CT molecular complexity index is 834. The fourth-order valence-electron chi connectivity index (χ4n) is 3.70. The molecule has 0 fully saturated rings. The van der Waals surface area contributed by atoms with E-state index in [2.05, 4.69) is 31.2 Å². The Labute approximate surface area is 173 Å². The monoisotopic (exact) mass is 394 g/mol. The normalized spacial score (nSPS) is 16.6. The van der Waals surface area contributed by atoms with Gasteiger partial charge in [-0.1, -0.05) is 42.0 Å². The summed E-state index contributed by atoms with van der Waals surface area (Å²) in [5.74, 6) is 0.646. The second-order valence-corrected chi connectivity index (χ2v) is 7.56. The zero-order chi connectivity index (χ0) is 20.6. The van der Waals surface area contributed by atoms with Crippen molar-refractivity contribution in [1.29, 1.82) is 0 Å². The van der Waals surface area contributed by atoms with Crippen LogP contribution < -0.4 is 4.74 Å². The molecule has 4 nitrogen and oxygen atoms in total. The lowest BCUT2D eigenvalue weighted by atomic mass is 9.86. The molecule has 1 unspecified atom stereocenters. The number of hydrogen-bond acceptors (Lipinski definition) is 4. The van der Waals surface area contributed by atoms with Crippen LogP contribution in [0.4, 0.5) is 0 Å². The highest BCUT2D eigenvalue weighted by atomic mass is 16.5. The number of aryl methyl sites for hydroxylation is 2. The number of allylic oxidation sites excluding steroid dienone is 1. The summed E-state index contributed by atoms with van der Waals surface area (Å²) in [5.41, 5.74) is 6.33. The fourth-order valence-corrected chi connectivity index (χ4v) is 3.70. The van der Waals surface area contributed by atoms with Gasteiger partial charge in [0.25, 0.3) is 0 Å². The number of carbonyl (C=O) groups is 1. The molecule has 3 rings (SSSR count). The van der Waals surface area contributed by atoms with Crippen LogP contribution in [0.2, 0.25) is 0 Å². The smallest absolute Gasteiger partial charge is 0.305 e. The van der Waals surface area contributed by atoms with Gasteiger partial charge in [-0.3, -0.25) is 4.79 Å². The van der Waals surface area contributed by atoms with Crippen molar-refractivity contribution in [1.82, 2.24) is 0 Å². The van der Waals surface area contributed by atoms with Gasteiger partial charge in [0.15, 0.2) is 0 Å². The molecule has 0 aromatic heterocycles. The predicted octanol–water partition coefficient (Wildman–Crippen LogP) is 5.13. The van der Waals surface area contributed by atoms with Crippen LogP contribution in [0.3, 0.4) is 0 Å². The lowest BCUT2D eigenvalue weighted by Gasteiger charge is -2.27. The third-order valence-electron chi connectivity index (χ3n) is 5.53. The van der Waals surface area contributed by atoms with Crippen molar-refractivity contribution < 1.29 is 19.0 Å². The molecule has 1 aliphatic carbocycles. The minimum Gasteiger partial charge on any atom is -0.489 e. The summed E-state index contributed by atoms with van der Waals surface area (Å²) in [7, 11) is 3.20. The maximum absolute atomic E-state index is 11.3. The van der Waals surface area contributed by atoms with Gasteiger partial charge in [-0.25, -0.2) is 0 Å². The van der Waals surface area contributed by atoms with Crippen LogP contribution in [0.5, 0.6) is 5.75 Å². The van der Waals surface area contributed by atoms with Crippen LogP contribution in [-0.4, -0.2) is 32.9 Å². The summed E-state index contributed by atoms with van der Waals surface area (Å²) >= 11 is 0. The molecule has 0 saturated heterocycles. The first-order chi connectivity index (χ1) is 14.1. The molecule has 0 radical (unpaired) electrons.